The topological polar surface area (TPSA) is 20.3 Å². The molecule has 1 aromatic carbocycles. The Bertz CT molecular complexity index is 521. The van der Waals surface area contributed by atoms with E-state index < -0.39 is 46.6 Å². The van der Waals surface area contributed by atoms with Crippen LogP contribution in [0.3, 0.4) is 0 Å². The lowest BCUT2D eigenvalue weighted by Gasteiger charge is -2.27. The predicted octanol–water partition coefficient (Wildman–Crippen LogP) is 4.02. The zero-order chi connectivity index (χ0) is 16.3. The van der Waals surface area contributed by atoms with E-state index in [4.69, 9.17) is 0 Å². The second kappa shape index (κ2) is 7.20. The van der Waals surface area contributed by atoms with Gasteiger partial charge in [-0.1, -0.05) is 15.9 Å². The van der Waals surface area contributed by atoms with E-state index in [0.717, 1.165) is 4.90 Å². The van der Waals surface area contributed by atoms with Crippen molar-refractivity contribution >= 4 is 21.8 Å². The highest BCUT2D eigenvalue weighted by Crippen LogP contribution is 2.24. The first-order valence-corrected chi connectivity index (χ1v) is 7.24. The number of carbonyl (C=O) groups excluding carboxylic acids is 1. The van der Waals surface area contributed by atoms with Crippen LogP contribution in [0.5, 0.6) is 0 Å². The summed E-state index contributed by atoms with van der Waals surface area (Å²) < 4.78 is 66.5. The molecule has 118 valence electrons. The Morgan fingerprint density at radius 1 is 1.00 bits per heavy atom. The smallest absolute Gasteiger partial charge is 0.260 e. The van der Waals surface area contributed by atoms with Gasteiger partial charge in [0.15, 0.2) is 23.3 Å². The average molecular weight is 374 g/mol. The Morgan fingerprint density at radius 2 is 1.43 bits per heavy atom. The molecule has 0 aromatic heterocycles. The number of carbonyl (C=O) groups is 1. The quantitative estimate of drug-likeness (QED) is 0.330. The average Bonchev–Trinajstić information content (AvgIpc) is 2.43. The summed E-state index contributed by atoms with van der Waals surface area (Å²) in [5.41, 5.74) is -1.42. The largest absolute Gasteiger partial charge is 0.336 e. The number of benzene rings is 1. The summed E-state index contributed by atoms with van der Waals surface area (Å²) >= 11 is 3.14. The van der Waals surface area contributed by atoms with Crippen molar-refractivity contribution in [2.75, 3.05) is 11.9 Å². The summed E-state index contributed by atoms with van der Waals surface area (Å²) in [6.07, 6.45) is 0.472. The van der Waals surface area contributed by atoms with Crippen molar-refractivity contribution in [3.63, 3.8) is 0 Å². The third-order valence-corrected chi connectivity index (χ3v) is 3.40. The van der Waals surface area contributed by atoms with Gasteiger partial charge in [0.25, 0.3) is 5.91 Å². The Hall–Kier alpha value is -1.18. The fraction of sp³-hybridized carbons (Fsp3) is 0.462. The third kappa shape index (κ3) is 3.53. The maximum atomic E-state index is 13.6. The van der Waals surface area contributed by atoms with E-state index in [-0.39, 0.29) is 6.54 Å². The number of rotatable bonds is 5. The lowest BCUT2D eigenvalue weighted by atomic mass is 10.1. The van der Waals surface area contributed by atoms with Crippen LogP contribution < -0.4 is 0 Å². The molecule has 0 heterocycles. The maximum absolute atomic E-state index is 13.6. The number of hydrogen-bond acceptors (Lipinski definition) is 1. The van der Waals surface area contributed by atoms with Crippen LogP contribution >= 0.6 is 15.9 Å². The molecule has 0 bridgehead atoms. The zero-order valence-corrected chi connectivity index (χ0v) is 12.9. The van der Waals surface area contributed by atoms with Crippen LogP contribution in [0.15, 0.2) is 0 Å². The highest BCUT2D eigenvalue weighted by molar-refractivity contribution is 9.09. The molecule has 0 fully saturated rings. The molecule has 1 aromatic rings. The minimum Gasteiger partial charge on any atom is -0.336 e. The molecule has 2 nitrogen and oxygen atoms in total. The molecule has 1 rings (SSSR count). The molecule has 0 saturated heterocycles. The van der Waals surface area contributed by atoms with Crippen molar-refractivity contribution in [2.24, 2.45) is 0 Å². The van der Waals surface area contributed by atoms with Crippen molar-refractivity contribution in [3.05, 3.63) is 34.6 Å². The van der Waals surface area contributed by atoms with Gasteiger partial charge in [0.2, 0.25) is 5.82 Å². The fourth-order valence-corrected chi connectivity index (χ4v) is 2.01. The maximum Gasteiger partial charge on any atom is 0.260 e. The minimum atomic E-state index is -2.28. The zero-order valence-electron chi connectivity index (χ0n) is 11.3. The molecule has 0 unspecified atom stereocenters. The van der Waals surface area contributed by atoms with Gasteiger partial charge in [0.05, 0.1) is 0 Å². The fourth-order valence-electron chi connectivity index (χ4n) is 1.76. The second-order valence-corrected chi connectivity index (χ2v) is 5.37. The Balaban J connectivity index is 3.35. The third-order valence-electron chi connectivity index (χ3n) is 2.84. The summed E-state index contributed by atoms with van der Waals surface area (Å²) in [6, 6.07) is -0.452. The molecule has 0 saturated carbocycles. The molecular formula is C13H13BrF5NO. The SMILES string of the molecule is CC(C)N(CCCBr)C(=O)c1c(F)c(F)c(F)c(F)c1F. The van der Waals surface area contributed by atoms with Crippen LogP contribution in [0.2, 0.25) is 0 Å². The Kier molecular flexibility index (Phi) is 6.12. The lowest BCUT2D eigenvalue weighted by Crippen LogP contribution is -2.39. The highest BCUT2D eigenvalue weighted by atomic mass is 79.9. The molecule has 0 spiro atoms. The van der Waals surface area contributed by atoms with E-state index in [1.54, 1.807) is 13.8 Å². The van der Waals surface area contributed by atoms with Gasteiger partial charge in [-0.15, -0.1) is 0 Å². The molecule has 0 N–H and O–H groups in total. The van der Waals surface area contributed by atoms with E-state index in [1.807, 2.05) is 0 Å². The number of nitrogens with zero attached hydrogens (tertiary/aromatic N) is 1. The van der Waals surface area contributed by atoms with Gasteiger partial charge in [0.1, 0.15) is 5.56 Å². The van der Waals surface area contributed by atoms with Gasteiger partial charge in [-0.25, -0.2) is 22.0 Å². The van der Waals surface area contributed by atoms with Crippen LogP contribution in [0, 0.1) is 29.1 Å². The summed E-state index contributed by atoms with van der Waals surface area (Å²) in [4.78, 5) is 13.2. The van der Waals surface area contributed by atoms with Crippen LogP contribution in [-0.2, 0) is 0 Å². The van der Waals surface area contributed by atoms with E-state index >= 15 is 0 Å². The Morgan fingerprint density at radius 3 is 1.81 bits per heavy atom. The van der Waals surface area contributed by atoms with Crippen molar-refractivity contribution < 1.29 is 26.7 Å². The summed E-state index contributed by atoms with van der Waals surface area (Å²) in [6.45, 7) is 3.29. The molecule has 1 amide bonds. The molecular weight excluding hydrogens is 361 g/mol. The first-order valence-electron chi connectivity index (χ1n) is 6.12. The molecule has 21 heavy (non-hydrogen) atoms. The summed E-state index contributed by atoms with van der Waals surface area (Å²) in [7, 11) is 0. The molecule has 0 aliphatic rings. The number of amides is 1. The van der Waals surface area contributed by atoms with Gasteiger partial charge in [-0.3, -0.25) is 4.79 Å². The molecule has 0 radical (unpaired) electrons. The van der Waals surface area contributed by atoms with Crippen molar-refractivity contribution in [1.82, 2.24) is 4.90 Å². The summed E-state index contributed by atoms with van der Waals surface area (Å²) in [5, 5.41) is 0.528. The molecule has 0 atom stereocenters. The van der Waals surface area contributed by atoms with Gasteiger partial charge in [-0.2, -0.15) is 0 Å². The first kappa shape index (κ1) is 17.9. The molecule has 0 aliphatic heterocycles. The van der Waals surface area contributed by atoms with Crippen LogP contribution in [-0.4, -0.2) is 28.7 Å². The number of halogens is 6. The molecule has 0 aliphatic carbocycles. The van der Waals surface area contributed by atoms with Crippen LogP contribution in [0.25, 0.3) is 0 Å². The monoisotopic (exact) mass is 373 g/mol. The number of hydrogen-bond donors (Lipinski definition) is 0. The summed E-state index contributed by atoms with van der Waals surface area (Å²) in [5.74, 6) is -12.0. The van der Waals surface area contributed by atoms with Crippen LogP contribution in [0.4, 0.5) is 22.0 Å². The van der Waals surface area contributed by atoms with E-state index in [2.05, 4.69) is 15.9 Å². The minimum absolute atomic E-state index is 0.126. The highest BCUT2D eigenvalue weighted by Gasteiger charge is 2.32. The lowest BCUT2D eigenvalue weighted by molar-refractivity contribution is 0.0693. The van der Waals surface area contributed by atoms with Crippen molar-refractivity contribution in [1.29, 1.82) is 0 Å². The van der Waals surface area contributed by atoms with Crippen LogP contribution in [0.1, 0.15) is 30.6 Å². The van der Waals surface area contributed by atoms with E-state index in [1.165, 1.54) is 0 Å². The molecule has 8 heteroatoms. The van der Waals surface area contributed by atoms with Gasteiger partial charge in [0, 0.05) is 17.9 Å². The van der Waals surface area contributed by atoms with Gasteiger partial charge < -0.3 is 4.90 Å². The first-order chi connectivity index (χ1) is 9.73. The predicted molar refractivity (Wildman–Crippen MR) is 70.8 cm³/mol. The van der Waals surface area contributed by atoms with E-state index in [9.17, 15) is 26.7 Å². The van der Waals surface area contributed by atoms with Gasteiger partial charge >= 0.3 is 0 Å². The van der Waals surface area contributed by atoms with Crippen molar-refractivity contribution in [2.45, 2.75) is 26.3 Å². The van der Waals surface area contributed by atoms with E-state index in [0.29, 0.717) is 11.8 Å². The number of alkyl halides is 1. The Labute approximate surface area is 127 Å². The van der Waals surface area contributed by atoms with Gasteiger partial charge in [-0.05, 0) is 20.3 Å². The van der Waals surface area contributed by atoms with Crippen molar-refractivity contribution in [3.8, 4) is 0 Å². The normalized spacial score (nSPS) is 11.1. The second-order valence-electron chi connectivity index (χ2n) is 4.58. The standard InChI is InChI=1S/C13H13BrF5NO/c1-6(2)20(5-3-4-14)13(21)7-8(15)10(17)12(19)11(18)9(7)16/h6H,3-5H2,1-2H3.